The molecule has 128 valence electrons. The van der Waals surface area contributed by atoms with Gasteiger partial charge in [-0.2, -0.15) is 5.26 Å². The topological polar surface area (TPSA) is 78.7 Å². The summed E-state index contributed by atoms with van der Waals surface area (Å²) in [6, 6.07) is 17.9. The Labute approximate surface area is 155 Å². The third-order valence-electron chi connectivity index (χ3n) is 5.01. The highest BCUT2D eigenvalue weighted by Gasteiger charge is 2.49. The number of nitrogens with zero attached hydrogens (tertiary/aromatic N) is 3. The molecule has 0 aliphatic heterocycles. The fraction of sp³-hybridized carbons (Fsp3) is 0.200. The number of hydrogen-bond donors (Lipinski definition) is 1. The lowest BCUT2D eigenvalue weighted by atomic mass is 9.73. The van der Waals surface area contributed by atoms with Gasteiger partial charge in [0.05, 0.1) is 17.0 Å². The minimum Gasteiger partial charge on any atom is -0.300 e. The molecule has 6 heteroatoms. The molecule has 0 fully saturated rings. The second kappa shape index (κ2) is 6.36. The normalized spacial score (nSPS) is 21.0. The highest BCUT2D eigenvalue weighted by molar-refractivity contribution is 7.13. The van der Waals surface area contributed by atoms with Crippen molar-refractivity contribution in [3.63, 3.8) is 0 Å². The number of carbonyl (C=O) groups is 1. The summed E-state index contributed by atoms with van der Waals surface area (Å²) >= 11 is 1.30. The lowest BCUT2D eigenvalue weighted by Crippen LogP contribution is -2.37. The summed E-state index contributed by atoms with van der Waals surface area (Å²) < 4.78 is 0. The van der Waals surface area contributed by atoms with Crippen molar-refractivity contribution < 1.29 is 4.79 Å². The monoisotopic (exact) mass is 360 g/mol. The zero-order valence-corrected chi connectivity index (χ0v) is 15.0. The van der Waals surface area contributed by atoms with E-state index >= 15 is 0 Å². The van der Waals surface area contributed by atoms with E-state index < -0.39 is 5.41 Å². The predicted molar refractivity (Wildman–Crippen MR) is 99.8 cm³/mol. The van der Waals surface area contributed by atoms with Crippen LogP contribution >= 0.6 is 11.3 Å². The highest BCUT2D eigenvalue weighted by Crippen LogP contribution is 2.51. The molecule has 26 heavy (non-hydrogen) atoms. The van der Waals surface area contributed by atoms with Crippen LogP contribution in [0.4, 0.5) is 5.13 Å². The maximum absolute atomic E-state index is 13.2. The molecule has 0 spiro atoms. The van der Waals surface area contributed by atoms with Gasteiger partial charge in [-0.3, -0.25) is 4.79 Å². The molecule has 3 aromatic rings. The number of rotatable bonds is 3. The van der Waals surface area contributed by atoms with Crippen LogP contribution in [0.25, 0.3) is 0 Å². The lowest BCUT2D eigenvalue weighted by molar-refractivity contribution is -0.125. The maximum atomic E-state index is 13.2. The molecule has 1 amide bonds. The van der Waals surface area contributed by atoms with Gasteiger partial charge in [-0.15, -0.1) is 10.2 Å². The third kappa shape index (κ3) is 2.67. The van der Waals surface area contributed by atoms with Crippen molar-refractivity contribution in [3.05, 3.63) is 76.3 Å². The summed E-state index contributed by atoms with van der Waals surface area (Å²) in [5, 5.41) is 20.4. The van der Waals surface area contributed by atoms with Crippen LogP contribution < -0.4 is 5.32 Å². The quantitative estimate of drug-likeness (QED) is 0.772. The number of amides is 1. The van der Waals surface area contributed by atoms with E-state index in [1.54, 1.807) is 5.51 Å². The fourth-order valence-corrected chi connectivity index (χ4v) is 4.25. The third-order valence-corrected chi connectivity index (χ3v) is 5.62. The van der Waals surface area contributed by atoms with E-state index in [-0.39, 0.29) is 11.8 Å². The highest BCUT2D eigenvalue weighted by atomic mass is 32.1. The molecule has 0 bridgehead atoms. The van der Waals surface area contributed by atoms with E-state index in [0.29, 0.717) is 17.1 Å². The van der Waals surface area contributed by atoms with Crippen molar-refractivity contribution in [2.45, 2.75) is 19.3 Å². The molecule has 0 saturated heterocycles. The Morgan fingerprint density at radius 3 is 2.81 bits per heavy atom. The van der Waals surface area contributed by atoms with E-state index in [4.69, 9.17) is 0 Å². The van der Waals surface area contributed by atoms with Crippen LogP contribution in [-0.4, -0.2) is 16.1 Å². The predicted octanol–water partition coefficient (Wildman–Crippen LogP) is 3.74. The summed E-state index contributed by atoms with van der Waals surface area (Å²) in [6.45, 7) is 1.98. The number of carbonyl (C=O) groups excluding carboxylic acids is 1. The van der Waals surface area contributed by atoms with Gasteiger partial charge in [-0.1, -0.05) is 47.7 Å². The molecular weight excluding hydrogens is 344 g/mol. The van der Waals surface area contributed by atoms with E-state index in [9.17, 15) is 10.1 Å². The molecule has 2 aromatic carbocycles. The molecular formula is C20H16N4OS. The fourth-order valence-electron chi connectivity index (χ4n) is 3.81. The number of aromatic nitrogens is 2. The molecule has 0 unspecified atom stereocenters. The number of hydrogen-bond acceptors (Lipinski definition) is 5. The summed E-state index contributed by atoms with van der Waals surface area (Å²) in [6.07, 6.45) is 0.609. The Bertz CT molecular complexity index is 994. The second-order valence-electron chi connectivity index (χ2n) is 6.66. The van der Waals surface area contributed by atoms with Gasteiger partial charge < -0.3 is 5.32 Å². The Hall–Kier alpha value is -3.04. The number of nitrogens with one attached hydrogen (secondary N) is 1. The van der Waals surface area contributed by atoms with Gasteiger partial charge in [0, 0.05) is 5.92 Å². The van der Waals surface area contributed by atoms with Gasteiger partial charge >= 0.3 is 0 Å². The standard InChI is InChI=1S/C20H16N4OS/c1-20(18(25)23-19-24-22-12-26-19)10-15-8-7-13(11-21)9-16(15)17(20)14-5-3-2-4-6-14/h2-9,12,17H,10H2,1H3,(H,23,24,25)/t17-,20+/m0/s1. The second-order valence-corrected chi connectivity index (χ2v) is 7.49. The average molecular weight is 360 g/mol. The first-order valence-electron chi connectivity index (χ1n) is 8.27. The first-order valence-corrected chi connectivity index (χ1v) is 9.15. The maximum Gasteiger partial charge on any atom is 0.233 e. The van der Waals surface area contributed by atoms with Crippen molar-refractivity contribution in [1.29, 1.82) is 5.26 Å². The molecule has 1 N–H and O–H groups in total. The van der Waals surface area contributed by atoms with Crippen molar-refractivity contribution in [3.8, 4) is 6.07 Å². The summed E-state index contributed by atoms with van der Waals surface area (Å²) in [7, 11) is 0. The molecule has 1 aliphatic carbocycles. The molecule has 0 radical (unpaired) electrons. The lowest BCUT2D eigenvalue weighted by Gasteiger charge is -2.30. The average Bonchev–Trinajstić information content (AvgIpc) is 3.27. The van der Waals surface area contributed by atoms with Gasteiger partial charge in [0.15, 0.2) is 0 Å². The Kier molecular flexibility index (Phi) is 4.02. The molecule has 1 aliphatic rings. The largest absolute Gasteiger partial charge is 0.300 e. The summed E-state index contributed by atoms with van der Waals surface area (Å²) in [5.41, 5.74) is 4.74. The first kappa shape index (κ1) is 16.4. The molecule has 2 atom stereocenters. The van der Waals surface area contributed by atoms with Gasteiger partial charge in [0.1, 0.15) is 5.51 Å². The minimum absolute atomic E-state index is 0.0854. The van der Waals surface area contributed by atoms with Gasteiger partial charge in [-0.05, 0) is 42.2 Å². The van der Waals surface area contributed by atoms with Crippen LogP contribution in [0.5, 0.6) is 0 Å². The van der Waals surface area contributed by atoms with E-state index in [1.165, 1.54) is 11.3 Å². The van der Waals surface area contributed by atoms with Gasteiger partial charge in [0.2, 0.25) is 11.0 Å². The van der Waals surface area contributed by atoms with Crippen LogP contribution in [-0.2, 0) is 11.2 Å². The summed E-state index contributed by atoms with van der Waals surface area (Å²) in [5.74, 6) is -0.210. The minimum atomic E-state index is -0.677. The molecule has 5 nitrogen and oxygen atoms in total. The van der Waals surface area contributed by atoms with E-state index in [2.05, 4.69) is 21.6 Å². The van der Waals surface area contributed by atoms with Gasteiger partial charge in [0.25, 0.3) is 0 Å². The zero-order valence-electron chi connectivity index (χ0n) is 14.1. The number of benzene rings is 2. The van der Waals surface area contributed by atoms with E-state index in [0.717, 1.165) is 16.7 Å². The van der Waals surface area contributed by atoms with Crippen LogP contribution in [0.15, 0.2) is 54.0 Å². The zero-order chi connectivity index (χ0) is 18.1. The number of anilines is 1. The number of nitriles is 1. The smallest absolute Gasteiger partial charge is 0.233 e. The Balaban J connectivity index is 1.81. The molecule has 4 rings (SSSR count). The van der Waals surface area contributed by atoms with Crippen LogP contribution in [0.1, 0.15) is 35.1 Å². The van der Waals surface area contributed by atoms with Gasteiger partial charge in [-0.25, -0.2) is 0 Å². The van der Waals surface area contributed by atoms with Crippen molar-refractivity contribution >= 4 is 22.4 Å². The SMILES string of the molecule is C[C@@]1(C(=O)Nc2nncs2)Cc2ccc(C#N)cc2[C@@H]1c1ccccc1. The van der Waals surface area contributed by atoms with Crippen LogP contribution in [0.2, 0.25) is 0 Å². The van der Waals surface area contributed by atoms with Crippen LogP contribution in [0.3, 0.4) is 0 Å². The first-order chi connectivity index (χ1) is 12.6. The molecule has 1 heterocycles. The van der Waals surface area contributed by atoms with E-state index in [1.807, 2.05) is 55.5 Å². The number of fused-ring (bicyclic) bond motifs is 1. The Morgan fingerprint density at radius 2 is 2.12 bits per heavy atom. The van der Waals surface area contributed by atoms with Crippen molar-refractivity contribution in [2.24, 2.45) is 5.41 Å². The molecule has 0 saturated carbocycles. The van der Waals surface area contributed by atoms with Crippen LogP contribution in [0, 0.1) is 16.7 Å². The molecule has 1 aromatic heterocycles. The summed E-state index contributed by atoms with van der Waals surface area (Å²) in [4.78, 5) is 13.2. The van der Waals surface area contributed by atoms with Crippen molar-refractivity contribution in [1.82, 2.24) is 10.2 Å². The van der Waals surface area contributed by atoms with Crippen molar-refractivity contribution in [2.75, 3.05) is 5.32 Å². The Morgan fingerprint density at radius 1 is 1.31 bits per heavy atom.